The molecular weight excluding hydrogens is 462 g/mol. The van der Waals surface area contributed by atoms with Crippen molar-refractivity contribution in [2.75, 3.05) is 13.2 Å². The lowest BCUT2D eigenvalue weighted by atomic mass is 10.1. The summed E-state index contributed by atoms with van der Waals surface area (Å²) in [6.45, 7) is -0.782. The normalized spacial score (nSPS) is 15.1. The van der Waals surface area contributed by atoms with Gasteiger partial charge in [-0.1, -0.05) is 40.2 Å². The third-order valence-electron chi connectivity index (χ3n) is 3.88. The third-order valence-corrected chi connectivity index (χ3v) is 5.32. The van der Waals surface area contributed by atoms with Crippen LogP contribution in [0.3, 0.4) is 0 Å². The van der Waals surface area contributed by atoms with E-state index in [4.69, 9.17) is 9.84 Å². The second-order valence-electron chi connectivity index (χ2n) is 5.95. The molecule has 0 unspecified atom stereocenters. The SMILES string of the molecule is O=C(O)COc1ccc(/C=C2/SC(=O)N(CC(=O)c3ccc(Br)cc3)C2=O)cc1. The molecule has 29 heavy (non-hydrogen) atoms. The lowest BCUT2D eigenvalue weighted by Crippen LogP contribution is -2.33. The summed E-state index contributed by atoms with van der Waals surface area (Å²) in [6, 6.07) is 13.1. The predicted molar refractivity (Wildman–Crippen MR) is 111 cm³/mol. The van der Waals surface area contributed by atoms with Gasteiger partial charge in [0.15, 0.2) is 12.4 Å². The molecule has 2 amide bonds. The number of benzene rings is 2. The van der Waals surface area contributed by atoms with Gasteiger partial charge in [-0.2, -0.15) is 0 Å². The maximum absolute atomic E-state index is 12.6. The molecule has 9 heteroatoms. The van der Waals surface area contributed by atoms with Gasteiger partial charge in [0, 0.05) is 10.0 Å². The lowest BCUT2D eigenvalue weighted by Gasteiger charge is -2.11. The van der Waals surface area contributed by atoms with E-state index in [9.17, 15) is 19.2 Å². The van der Waals surface area contributed by atoms with Crippen molar-refractivity contribution in [3.05, 3.63) is 69.0 Å². The first-order valence-corrected chi connectivity index (χ1v) is 9.93. The Kier molecular flexibility index (Phi) is 6.50. The van der Waals surface area contributed by atoms with Crippen LogP contribution in [0.25, 0.3) is 6.08 Å². The Morgan fingerprint density at radius 3 is 2.34 bits per heavy atom. The molecule has 148 valence electrons. The first-order chi connectivity index (χ1) is 13.8. The van der Waals surface area contributed by atoms with Gasteiger partial charge in [-0.25, -0.2) is 4.79 Å². The lowest BCUT2D eigenvalue weighted by molar-refractivity contribution is -0.139. The van der Waals surface area contributed by atoms with Gasteiger partial charge in [0.2, 0.25) is 0 Å². The monoisotopic (exact) mass is 475 g/mol. The summed E-state index contributed by atoms with van der Waals surface area (Å²) in [4.78, 5) is 48.8. The molecule has 1 heterocycles. The number of aliphatic carboxylic acids is 1. The van der Waals surface area contributed by atoms with Crippen molar-refractivity contribution in [3.8, 4) is 5.75 Å². The standard InChI is InChI=1S/C20H14BrNO6S/c21-14-5-3-13(4-6-14)16(23)10-22-19(26)17(29-20(22)27)9-12-1-7-15(8-2-12)28-11-18(24)25/h1-9H,10-11H2,(H,24,25)/b17-9+. The van der Waals surface area contributed by atoms with E-state index >= 15 is 0 Å². The van der Waals surface area contributed by atoms with E-state index in [2.05, 4.69) is 15.9 Å². The Morgan fingerprint density at radius 2 is 1.72 bits per heavy atom. The number of hydrogen-bond donors (Lipinski definition) is 1. The average molecular weight is 476 g/mol. The van der Waals surface area contributed by atoms with Crippen molar-refractivity contribution in [2.24, 2.45) is 0 Å². The number of carbonyl (C=O) groups excluding carboxylic acids is 3. The second kappa shape index (κ2) is 9.06. The van der Waals surface area contributed by atoms with Gasteiger partial charge in [-0.15, -0.1) is 0 Å². The van der Waals surface area contributed by atoms with Gasteiger partial charge in [0.25, 0.3) is 11.1 Å². The summed E-state index contributed by atoms with van der Waals surface area (Å²) in [6.07, 6.45) is 1.54. The van der Waals surface area contributed by atoms with E-state index in [-0.39, 0.29) is 17.2 Å². The number of halogens is 1. The first-order valence-electron chi connectivity index (χ1n) is 8.32. The Hall–Kier alpha value is -2.91. The highest BCUT2D eigenvalue weighted by Gasteiger charge is 2.36. The van der Waals surface area contributed by atoms with Crippen molar-refractivity contribution in [1.82, 2.24) is 4.90 Å². The number of ketones is 1. The molecule has 7 nitrogen and oxygen atoms in total. The summed E-state index contributed by atoms with van der Waals surface area (Å²) >= 11 is 4.05. The number of amides is 2. The molecule has 0 bridgehead atoms. The summed E-state index contributed by atoms with van der Waals surface area (Å²) in [7, 11) is 0. The minimum atomic E-state index is -1.08. The first kappa shape index (κ1) is 20.8. The number of carbonyl (C=O) groups is 4. The van der Waals surface area contributed by atoms with Crippen LogP contribution in [-0.2, 0) is 9.59 Å². The van der Waals surface area contributed by atoms with Crippen LogP contribution in [0.15, 0.2) is 57.9 Å². The molecule has 1 saturated heterocycles. The highest BCUT2D eigenvalue weighted by atomic mass is 79.9. The van der Waals surface area contributed by atoms with Crippen LogP contribution in [0, 0.1) is 0 Å². The van der Waals surface area contributed by atoms with E-state index in [0.29, 0.717) is 16.9 Å². The number of imide groups is 1. The van der Waals surface area contributed by atoms with Crippen molar-refractivity contribution in [2.45, 2.75) is 0 Å². The van der Waals surface area contributed by atoms with Crippen LogP contribution in [0.4, 0.5) is 4.79 Å². The summed E-state index contributed by atoms with van der Waals surface area (Å²) in [5.74, 6) is -1.57. The van der Waals surface area contributed by atoms with Crippen LogP contribution >= 0.6 is 27.7 Å². The maximum Gasteiger partial charge on any atom is 0.341 e. The number of carboxylic acid groups (broad SMARTS) is 1. The zero-order chi connectivity index (χ0) is 21.0. The van der Waals surface area contributed by atoms with Gasteiger partial charge >= 0.3 is 5.97 Å². The minimum absolute atomic E-state index is 0.206. The Labute approximate surface area is 178 Å². The van der Waals surface area contributed by atoms with Crippen LogP contribution in [0.2, 0.25) is 0 Å². The molecule has 2 aromatic rings. The van der Waals surface area contributed by atoms with Gasteiger partial charge < -0.3 is 9.84 Å². The third kappa shape index (κ3) is 5.33. The molecule has 1 fully saturated rings. The molecule has 1 aliphatic rings. The predicted octanol–water partition coefficient (Wildman–Crippen LogP) is 3.83. The second-order valence-corrected chi connectivity index (χ2v) is 7.86. The fourth-order valence-electron chi connectivity index (χ4n) is 2.46. The van der Waals surface area contributed by atoms with E-state index in [1.54, 1.807) is 48.5 Å². The number of rotatable bonds is 7. The molecule has 0 aromatic heterocycles. The number of thioether (sulfide) groups is 1. The number of nitrogens with zero attached hydrogens (tertiary/aromatic N) is 1. The molecule has 1 N–H and O–H groups in total. The Balaban J connectivity index is 1.68. The minimum Gasteiger partial charge on any atom is -0.482 e. The molecule has 0 atom stereocenters. The highest BCUT2D eigenvalue weighted by Crippen LogP contribution is 2.32. The molecule has 0 aliphatic carbocycles. The Bertz CT molecular complexity index is 1000. The van der Waals surface area contributed by atoms with Gasteiger partial charge in [-0.3, -0.25) is 19.3 Å². The summed E-state index contributed by atoms with van der Waals surface area (Å²) < 4.78 is 5.87. The highest BCUT2D eigenvalue weighted by molar-refractivity contribution is 9.10. The molecule has 0 radical (unpaired) electrons. The van der Waals surface area contributed by atoms with E-state index in [0.717, 1.165) is 21.1 Å². The van der Waals surface area contributed by atoms with Crippen LogP contribution < -0.4 is 4.74 Å². The zero-order valence-corrected chi connectivity index (χ0v) is 17.2. The van der Waals surface area contributed by atoms with Crippen LogP contribution in [0.5, 0.6) is 5.75 Å². The fraction of sp³-hybridized carbons (Fsp3) is 0.100. The topological polar surface area (TPSA) is 101 Å². The number of hydrogen-bond acceptors (Lipinski definition) is 6. The molecular formula is C20H14BrNO6S. The number of carboxylic acids is 1. The van der Waals surface area contributed by atoms with Crippen molar-refractivity contribution >= 4 is 56.7 Å². The average Bonchev–Trinajstić information content (AvgIpc) is 2.95. The molecule has 2 aromatic carbocycles. The molecule has 3 rings (SSSR count). The van der Waals surface area contributed by atoms with Gasteiger partial charge in [-0.05, 0) is 47.7 Å². The van der Waals surface area contributed by atoms with Crippen molar-refractivity contribution < 1.29 is 29.0 Å². The summed E-state index contributed by atoms with van der Waals surface area (Å²) in [5, 5.41) is 8.10. The van der Waals surface area contributed by atoms with E-state index < -0.39 is 23.7 Å². The van der Waals surface area contributed by atoms with Crippen molar-refractivity contribution in [3.63, 3.8) is 0 Å². The van der Waals surface area contributed by atoms with E-state index in [1.165, 1.54) is 6.08 Å². The largest absolute Gasteiger partial charge is 0.482 e. The van der Waals surface area contributed by atoms with Gasteiger partial charge in [0.1, 0.15) is 5.75 Å². The number of ether oxygens (including phenoxy) is 1. The van der Waals surface area contributed by atoms with Crippen LogP contribution in [0.1, 0.15) is 15.9 Å². The quantitative estimate of drug-likeness (QED) is 0.479. The molecule has 1 aliphatic heterocycles. The van der Waals surface area contributed by atoms with Crippen LogP contribution in [-0.4, -0.2) is 46.1 Å². The fourth-order valence-corrected chi connectivity index (χ4v) is 3.57. The Morgan fingerprint density at radius 1 is 1.07 bits per heavy atom. The van der Waals surface area contributed by atoms with Gasteiger partial charge in [0.05, 0.1) is 11.4 Å². The van der Waals surface area contributed by atoms with Crippen molar-refractivity contribution in [1.29, 1.82) is 0 Å². The smallest absolute Gasteiger partial charge is 0.341 e. The van der Waals surface area contributed by atoms with E-state index in [1.807, 2.05) is 0 Å². The maximum atomic E-state index is 12.6. The molecule has 0 spiro atoms. The number of Topliss-reactive ketones (excluding diaryl/α,β-unsaturated/α-hetero) is 1. The molecule has 0 saturated carbocycles. The summed E-state index contributed by atoms with van der Waals surface area (Å²) in [5.41, 5.74) is 1.05. The zero-order valence-electron chi connectivity index (χ0n) is 14.8.